The fraction of sp³-hybridized carbons (Fsp3) is 0.345. The second-order valence-corrected chi connectivity index (χ2v) is 11.3. The van der Waals surface area contributed by atoms with Gasteiger partial charge in [-0.15, -0.1) is 0 Å². The first-order valence-electron chi connectivity index (χ1n) is 12.6. The number of esters is 1. The molecule has 0 bridgehead atoms. The van der Waals surface area contributed by atoms with E-state index < -0.39 is 12.0 Å². The first-order valence-corrected chi connectivity index (χ1v) is 14.5. The highest BCUT2D eigenvalue weighted by Crippen LogP contribution is 2.37. The minimum atomic E-state index is -0.773. The Morgan fingerprint density at radius 3 is 2.45 bits per heavy atom. The zero-order valence-electron chi connectivity index (χ0n) is 23.4. The zero-order chi connectivity index (χ0) is 29.1. The van der Waals surface area contributed by atoms with Crippen LogP contribution in [0.4, 0.5) is 0 Å². The predicted octanol–water partition coefficient (Wildman–Crippen LogP) is 4.22. The summed E-state index contributed by atoms with van der Waals surface area (Å²) in [5.74, 6) is 1.71. The van der Waals surface area contributed by atoms with Gasteiger partial charge in [-0.25, -0.2) is 9.79 Å². The van der Waals surface area contributed by atoms with Crippen LogP contribution in [0.25, 0.3) is 6.08 Å². The second-order valence-electron chi connectivity index (χ2n) is 9.12. The second kappa shape index (κ2) is 12.5. The normalized spacial score (nSPS) is 15.0. The molecule has 3 aromatic rings. The van der Waals surface area contributed by atoms with Crippen LogP contribution in [0.3, 0.4) is 0 Å². The van der Waals surface area contributed by atoms with Crippen molar-refractivity contribution in [2.45, 2.75) is 39.8 Å². The van der Waals surface area contributed by atoms with Gasteiger partial charge in [0.1, 0.15) is 0 Å². The molecule has 40 heavy (non-hydrogen) atoms. The quantitative estimate of drug-likeness (QED) is 0.247. The van der Waals surface area contributed by atoms with Crippen LogP contribution >= 0.6 is 33.9 Å². The van der Waals surface area contributed by atoms with Crippen molar-refractivity contribution >= 4 is 46.0 Å². The largest absolute Gasteiger partial charge is 0.493 e. The van der Waals surface area contributed by atoms with Gasteiger partial charge >= 0.3 is 5.97 Å². The molecule has 212 valence electrons. The van der Waals surface area contributed by atoms with Gasteiger partial charge in [0.15, 0.2) is 27.8 Å². The van der Waals surface area contributed by atoms with Crippen LogP contribution in [0.5, 0.6) is 23.0 Å². The summed E-state index contributed by atoms with van der Waals surface area (Å²) < 4.78 is 30.7. The number of carbonyl (C=O) groups is 1. The van der Waals surface area contributed by atoms with Gasteiger partial charge in [0.25, 0.3) is 5.56 Å². The van der Waals surface area contributed by atoms with E-state index in [2.05, 4.69) is 27.6 Å². The highest BCUT2D eigenvalue weighted by Gasteiger charge is 2.34. The van der Waals surface area contributed by atoms with Crippen molar-refractivity contribution in [3.8, 4) is 23.0 Å². The summed E-state index contributed by atoms with van der Waals surface area (Å²) in [6.07, 6.45) is 1.73. The van der Waals surface area contributed by atoms with Crippen molar-refractivity contribution in [2.24, 2.45) is 4.99 Å². The molecule has 0 aliphatic carbocycles. The average molecular weight is 679 g/mol. The predicted molar refractivity (Wildman–Crippen MR) is 161 cm³/mol. The summed E-state index contributed by atoms with van der Waals surface area (Å²) in [6.45, 7) is 7.53. The first kappa shape index (κ1) is 29.7. The topological polar surface area (TPSA) is 97.6 Å². The van der Waals surface area contributed by atoms with Crippen LogP contribution in [0.1, 0.15) is 44.9 Å². The van der Waals surface area contributed by atoms with Crippen molar-refractivity contribution < 1.29 is 28.5 Å². The van der Waals surface area contributed by atoms with E-state index in [1.807, 2.05) is 32.0 Å². The van der Waals surface area contributed by atoms with Gasteiger partial charge in [-0.05, 0) is 91.8 Å². The number of hydrogen-bond acceptors (Lipinski definition) is 9. The molecule has 2 aromatic carbocycles. The lowest BCUT2D eigenvalue weighted by molar-refractivity contribution is -0.139. The molecular formula is C29H31IN2O7S. The summed E-state index contributed by atoms with van der Waals surface area (Å²) in [6, 6.07) is 8.35. The summed E-state index contributed by atoms with van der Waals surface area (Å²) in [4.78, 5) is 32.3. The molecule has 1 aliphatic rings. The van der Waals surface area contributed by atoms with Gasteiger partial charge in [0.05, 0.1) is 59.5 Å². The Balaban J connectivity index is 1.95. The molecule has 0 N–H and O–H groups in total. The molecular weight excluding hydrogens is 647 g/mol. The number of methoxy groups -OCH3 is 3. The minimum absolute atomic E-state index is 0.0608. The Morgan fingerprint density at radius 1 is 1.10 bits per heavy atom. The smallest absolute Gasteiger partial charge is 0.338 e. The molecule has 0 saturated heterocycles. The maximum absolute atomic E-state index is 14.0. The number of ether oxygens (including phenoxy) is 5. The lowest BCUT2D eigenvalue weighted by Crippen LogP contribution is -2.40. The molecule has 0 fully saturated rings. The number of benzene rings is 2. The molecule has 0 amide bonds. The van der Waals surface area contributed by atoms with Crippen LogP contribution in [0.15, 0.2) is 51.4 Å². The molecule has 0 spiro atoms. The van der Waals surface area contributed by atoms with E-state index in [4.69, 9.17) is 23.7 Å². The molecule has 2 heterocycles. The van der Waals surface area contributed by atoms with Crippen LogP contribution < -0.4 is 33.8 Å². The molecule has 0 radical (unpaired) electrons. The van der Waals surface area contributed by atoms with Crippen LogP contribution in [0, 0.1) is 3.57 Å². The minimum Gasteiger partial charge on any atom is -0.493 e. The van der Waals surface area contributed by atoms with Gasteiger partial charge in [0, 0.05) is 0 Å². The average Bonchev–Trinajstić information content (AvgIpc) is 3.21. The summed E-state index contributed by atoms with van der Waals surface area (Å²) in [5, 5.41) is 0. The Hall–Kier alpha value is -3.32. The number of hydrogen-bond donors (Lipinski definition) is 0. The SMILES string of the molecule is CCOC(=O)C1=C(C)N=c2s/c(=C\c3cc(I)c(OC)c(OC)c3)c(=O)n2[C@H]1c1ccc(OC(C)C)c(OC)c1. The lowest BCUT2D eigenvalue weighted by atomic mass is 9.95. The zero-order valence-corrected chi connectivity index (χ0v) is 26.3. The van der Waals surface area contributed by atoms with Crippen molar-refractivity contribution in [1.29, 1.82) is 0 Å². The highest BCUT2D eigenvalue weighted by molar-refractivity contribution is 14.1. The third-order valence-electron chi connectivity index (χ3n) is 6.14. The standard InChI is InChI=1S/C29H31IN2O7S/c1-8-38-28(34)24-16(4)31-29-32(25(24)18-9-10-20(39-15(2)3)21(14-18)35-5)27(33)23(40-29)13-17-11-19(30)26(37-7)22(12-17)36-6/h9-15,25H,8H2,1-7H3/b23-13-/t25-/m0/s1. The third-order valence-corrected chi connectivity index (χ3v) is 7.92. The number of nitrogens with zero attached hydrogens (tertiary/aromatic N) is 2. The van der Waals surface area contributed by atoms with Gasteiger partial charge < -0.3 is 23.7 Å². The van der Waals surface area contributed by atoms with Gasteiger partial charge in [-0.2, -0.15) is 0 Å². The summed E-state index contributed by atoms with van der Waals surface area (Å²) in [5.41, 5.74) is 1.93. The van der Waals surface area contributed by atoms with Gasteiger partial charge in [-0.1, -0.05) is 17.4 Å². The van der Waals surface area contributed by atoms with Gasteiger partial charge in [-0.3, -0.25) is 9.36 Å². The Kier molecular flexibility index (Phi) is 9.24. The van der Waals surface area contributed by atoms with E-state index in [9.17, 15) is 9.59 Å². The first-order chi connectivity index (χ1) is 19.1. The summed E-state index contributed by atoms with van der Waals surface area (Å²) >= 11 is 3.42. The molecule has 4 rings (SSSR count). The maximum Gasteiger partial charge on any atom is 0.338 e. The van der Waals surface area contributed by atoms with Crippen molar-refractivity contribution in [3.05, 3.63) is 76.0 Å². The van der Waals surface area contributed by atoms with Crippen molar-refractivity contribution in [2.75, 3.05) is 27.9 Å². The number of halogens is 1. The van der Waals surface area contributed by atoms with Crippen LogP contribution in [-0.4, -0.2) is 44.6 Å². The highest BCUT2D eigenvalue weighted by atomic mass is 127. The van der Waals surface area contributed by atoms with E-state index in [1.165, 1.54) is 11.3 Å². The van der Waals surface area contributed by atoms with E-state index in [0.717, 1.165) is 9.13 Å². The van der Waals surface area contributed by atoms with E-state index in [0.29, 0.717) is 49.2 Å². The summed E-state index contributed by atoms with van der Waals surface area (Å²) in [7, 11) is 4.70. The molecule has 11 heteroatoms. The number of carbonyl (C=O) groups excluding carboxylic acids is 1. The molecule has 0 unspecified atom stereocenters. The third kappa shape index (κ3) is 5.75. The number of allylic oxidation sites excluding steroid dienone is 1. The van der Waals surface area contributed by atoms with E-state index >= 15 is 0 Å². The Bertz CT molecular complexity index is 1660. The van der Waals surface area contributed by atoms with Crippen molar-refractivity contribution in [3.63, 3.8) is 0 Å². The number of fused-ring (bicyclic) bond motifs is 1. The number of thiazole rings is 1. The van der Waals surface area contributed by atoms with Gasteiger partial charge in [0.2, 0.25) is 0 Å². The molecule has 0 saturated carbocycles. The molecule has 9 nitrogen and oxygen atoms in total. The molecule has 1 atom stereocenters. The fourth-order valence-electron chi connectivity index (χ4n) is 4.49. The van der Waals surface area contributed by atoms with E-state index in [1.54, 1.807) is 58.0 Å². The Morgan fingerprint density at radius 2 is 1.82 bits per heavy atom. The Labute approximate surface area is 249 Å². The molecule has 1 aromatic heterocycles. The van der Waals surface area contributed by atoms with E-state index in [-0.39, 0.29) is 18.3 Å². The van der Waals surface area contributed by atoms with Crippen molar-refractivity contribution in [1.82, 2.24) is 4.57 Å². The fourth-order valence-corrected chi connectivity index (χ4v) is 6.38. The maximum atomic E-state index is 14.0. The monoisotopic (exact) mass is 678 g/mol. The lowest BCUT2D eigenvalue weighted by Gasteiger charge is -2.25. The number of aromatic nitrogens is 1. The molecule has 1 aliphatic heterocycles. The van der Waals surface area contributed by atoms with Crippen LogP contribution in [-0.2, 0) is 9.53 Å². The number of rotatable bonds is 9. The van der Waals surface area contributed by atoms with Crippen LogP contribution in [0.2, 0.25) is 0 Å².